The normalized spacial score (nSPS) is 16.1. The van der Waals surface area contributed by atoms with Gasteiger partial charge in [0.15, 0.2) is 0 Å². The zero-order valence-corrected chi connectivity index (χ0v) is 10.7. The molecule has 1 aromatic carbocycles. The van der Waals surface area contributed by atoms with E-state index in [1.807, 2.05) is 0 Å². The number of hydrogen-bond donors (Lipinski definition) is 1. The van der Waals surface area contributed by atoms with Gasteiger partial charge in [-0.1, -0.05) is 6.07 Å². The molecular formula is C13H16N2O4. The largest absolute Gasteiger partial charge is 0.381 e. The van der Waals surface area contributed by atoms with Crippen LogP contribution in [0.1, 0.15) is 18.4 Å². The first-order chi connectivity index (χ1) is 9.08. The topological polar surface area (TPSA) is 81.5 Å². The Labute approximate surface area is 110 Å². The number of nitro groups is 1. The molecule has 0 radical (unpaired) electrons. The summed E-state index contributed by atoms with van der Waals surface area (Å²) in [5, 5.41) is 13.6. The SMILES string of the molecule is Cc1ccc(NC(=O)C2CCOCC2)cc1[N+](=O)[O-]. The second kappa shape index (κ2) is 5.79. The lowest BCUT2D eigenvalue weighted by atomic mass is 9.99. The van der Waals surface area contributed by atoms with E-state index in [1.165, 1.54) is 6.07 Å². The van der Waals surface area contributed by atoms with Gasteiger partial charge in [0.2, 0.25) is 5.91 Å². The Kier molecular flexibility index (Phi) is 4.11. The minimum Gasteiger partial charge on any atom is -0.381 e. The molecule has 102 valence electrons. The van der Waals surface area contributed by atoms with Crippen LogP contribution in [0.15, 0.2) is 18.2 Å². The van der Waals surface area contributed by atoms with Gasteiger partial charge in [-0.05, 0) is 25.8 Å². The fraction of sp³-hybridized carbons (Fsp3) is 0.462. The molecule has 6 nitrogen and oxygen atoms in total. The Bertz CT molecular complexity index is 495. The molecule has 1 N–H and O–H groups in total. The van der Waals surface area contributed by atoms with Crippen molar-refractivity contribution < 1.29 is 14.5 Å². The van der Waals surface area contributed by atoms with Crippen LogP contribution in [0, 0.1) is 23.0 Å². The molecule has 1 saturated heterocycles. The van der Waals surface area contributed by atoms with Crippen LogP contribution in [0.5, 0.6) is 0 Å². The number of rotatable bonds is 3. The highest BCUT2D eigenvalue weighted by atomic mass is 16.6. The summed E-state index contributed by atoms with van der Waals surface area (Å²) in [5.74, 6) is -0.171. The predicted molar refractivity (Wildman–Crippen MR) is 70.0 cm³/mol. The standard InChI is InChI=1S/C13H16N2O4/c1-9-2-3-11(8-12(9)15(17)18)14-13(16)10-4-6-19-7-5-10/h2-3,8,10H,4-7H2,1H3,(H,14,16). The van der Waals surface area contributed by atoms with Gasteiger partial charge in [0.25, 0.3) is 5.69 Å². The van der Waals surface area contributed by atoms with Crippen molar-refractivity contribution in [3.05, 3.63) is 33.9 Å². The average Bonchev–Trinajstić information content (AvgIpc) is 2.41. The van der Waals surface area contributed by atoms with Gasteiger partial charge < -0.3 is 10.1 Å². The zero-order valence-electron chi connectivity index (χ0n) is 10.7. The van der Waals surface area contributed by atoms with E-state index in [0.717, 1.165) is 0 Å². The maximum absolute atomic E-state index is 12.0. The van der Waals surface area contributed by atoms with Gasteiger partial charge in [-0.3, -0.25) is 14.9 Å². The number of aryl methyl sites for hydroxylation is 1. The van der Waals surface area contributed by atoms with Gasteiger partial charge in [-0.25, -0.2) is 0 Å². The fourth-order valence-electron chi connectivity index (χ4n) is 2.09. The minimum atomic E-state index is -0.445. The summed E-state index contributed by atoms with van der Waals surface area (Å²) in [6, 6.07) is 4.71. The van der Waals surface area contributed by atoms with Crippen LogP contribution in [0.25, 0.3) is 0 Å². The third-order valence-electron chi connectivity index (χ3n) is 3.27. The molecule has 2 rings (SSSR count). The number of nitrogens with one attached hydrogen (secondary N) is 1. The van der Waals surface area contributed by atoms with Crippen LogP contribution in [-0.2, 0) is 9.53 Å². The molecule has 0 unspecified atom stereocenters. The molecule has 1 heterocycles. The van der Waals surface area contributed by atoms with E-state index in [9.17, 15) is 14.9 Å². The summed E-state index contributed by atoms with van der Waals surface area (Å²) >= 11 is 0. The number of hydrogen-bond acceptors (Lipinski definition) is 4. The smallest absolute Gasteiger partial charge is 0.274 e. The summed E-state index contributed by atoms with van der Waals surface area (Å²) in [4.78, 5) is 22.4. The third kappa shape index (κ3) is 3.29. The van der Waals surface area contributed by atoms with Crippen molar-refractivity contribution in [3.63, 3.8) is 0 Å². The van der Waals surface area contributed by atoms with E-state index in [-0.39, 0.29) is 17.5 Å². The molecule has 0 bridgehead atoms. The van der Waals surface area contributed by atoms with Gasteiger partial charge in [-0.15, -0.1) is 0 Å². The van der Waals surface area contributed by atoms with Crippen LogP contribution in [0.3, 0.4) is 0 Å². The van der Waals surface area contributed by atoms with E-state index in [0.29, 0.717) is 37.3 Å². The Morgan fingerprint density at radius 1 is 1.42 bits per heavy atom. The van der Waals surface area contributed by atoms with Gasteiger partial charge in [-0.2, -0.15) is 0 Å². The van der Waals surface area contributed by atoms with Crippen LogP contribution in [0.2, 0.25) is 0 Å². The van der Waals surface area contributed by atoms with Gasteiger partial charge in [0.05, 0.1) is 4.92 Å². The second-order valence-corrected chi connectivity index (χ2v) is 4.63. The molecule has 0 spiro atoms. The van der Waals surface area contributed by atoms with Gasteiger partial charge in [0.1, 0.15) is 0 Å². The Morgan fingerprint density at radius 2 is 2.11 bits per heavy atom. The second-order valence-electron chi connectivity index (χ2n) is 4.63. The summed E-state index contributed by atoms with van der Waals surface area (Å²) in [6.07, 6.45) is 1.39. The van der Waals surface area contributed by atoms with Crippen LogP contribution >= 0.6 is 0 Å². The van der Waals surface area contributed by atoms with E-state index >= 15 is 0 Å². The van der Waals surface area contributed by atoms with E-state index in [2.05, 4.69) is 5.32 Å². The Morgan fingerprint density at radius 3 is 2.74 bits per heavy atom. The number of anilines is 1. The number of ether oxygens (including phenoxy) is 1. The molecule has 1 aliphatic rings. The Hall–Kier alpha value is -1.95. The maximum Gasteiger partial charge on any atom is 0.274 e. The fourth-order valence-corrected chi connectivity index (χ4v) is 2.09. The lowest BCUT2D eigenvalue weighted by molar-refractivity contribution is -0.385. The summed E-state index contributed by atoms with van der Waals surface area (Å²) in [7, 11) is 0. The van der Waals surface area contributed by atoms with E-state index in [1.54, 1.807) is 19.1 Å². The quantitative estimate of drug-likeness (QED) is 0.670. The predicted octanol–water partition coefficient (Wildman–Crippen LogP) is 2.27. The number of benzene rings is 1. The molecule has 1 amide bonds. The first kappa shape index (κ1) is 13.5. The third-order valence-corrected chi connectivity index (χ3v) is 3.27. The molecule has 1 fully saturated rings. The molecule has 1 aromatic rings. The number of amides is 1. The van der Waals surface area contributed by atoms with Crippen molar-refractivity contribution in [1.29, 1.82) is 0 Å². The van der Waals surface area contributed by atoms with Crippen molar-refractivity contribution >= 4 is 17.3 Å². The zero-order chi connectivity index (χ0) is 13.8. The van der Waals surface area contributed by atoms with Gasteiger partial charge >= 0.3 is 0 Å². The molecule has 0 atom stereocenters. The van der Waals surface area contributed by atoms with Crippen LogP contribution in [0.4, 0.5) is 11.4 Å². The molecule has 0 aliphatic carbocycles. The summed E-state index contributed by atoms with van der Waals surface area (Å²) in [6.45, 7) is 2.85. The highest BCUT2D eigenvalue weighted by Gasteiger charge is 2.22. The molecule has 0 saturated carbocycles. The van der Waals surface area contributed by atoms with Crippen molar-refractivity contribution in [3.8, 4) is 0 Å². The minimum absolute atomic E-state index is 0.0183. The maximum atomic E-state index is 12.0. The lowest BCUT2D eigenvalue weighted by Crippen LogP contribution is -2.28. The number of carbonyl (C=O) groups excluding carboxylic acids is 1. The van der Waals surface area contributed by atoms with E-state index in [4.69, 9.17) is 4.74 Å². The van der Waals surface area contributed by atoms with Crippen LogP contribution < -0.4 is 5.32 Å². The van der Waals surface area contributed by atoms with Crippen molar-refractivity contribution in [1.82, 2.24) is 0 Å². The van der Waals surface area contributed by atoms with Crippen LogP contribution in [-0.4, -0.2) is 24.0 Å². The summed E-state index contributed by atoms with van der Waals surface area (Å²) < 4.78 is 5.20. The Balaban J connectivity index is 2.08. The first-order valence-electron chi connectivity index (χ1n) is 6.21. The average molecular weight is 264 g/mol. The highest BCUT2D eigenvalue weighted by molar-refractivity contribution is 5.93. The lowest BCUT2D eigenvalue weighted by Gasteiger charge is -2.21. The molecular weight excluding hydrogens is 248 g/mol. The number of nitro benzene ring substituents is 1. The van der Waals surface area contributed by atoms with Crippen molar-refractivity contribution in [2.24, 2.45) is 5.92 Å². The first-order valence-corrected chi connectivity index (χ1v) is 6.21. The molecule has 1 aliphatic heterocycles. The summed E-state index contributed by atoms with van der Waals surface area (Å²) in [5.41, 5.74) is 1.06. The van der Waals surface area contributed by atoms with E-state index < -0.39 is 4.92 Å². The molecule has 6 heteroatoms. The molecule has 0 aromatic heterocycles. The monoisotopic (exact) mass is 264 g/mol. The highest BCUT2D eigenvalue weighted by Crippen LogP contribution is 2.23. The number of nitrogens with zero attached hydrogens (tertiary/aromatic N) is 1. The van der Waals surface area contributed by atoms with Gasteiger partial charge in [0, 0.05) is 36.4 Å². The van der Waals surface area contributed by atoms with Crippen molar-refractivity contribution in [2.75, 3.05) is 18.5 Å². The molecule has 19 heavy (non-hydrogen) atoms. The van der Waals surface area contributed by atoms with Crippen molar-refractivity contribution in [2.45, 2.75) is 19.8 Å². The number of carbonyl (C=O) groups is 1.